The van der Waals surface area contributed by atoms with Crippen molar-refractivity contribution in [2.75, 3.05) is 6.61 Å². The third-order valence-electron chi connectivity index (χ3n) is 2.10. The van der Waals surface area contributed by atoms with E-state index in [1.807, 2.05) is 0 Å². The van der Waals surface area contributed by atoms with Crippen LogP contribution in [0.15, 0.2) is 6.20 Å². The summed E-state index contributed by atoms with van der Waals surface area (Å²) >= 11 is 0. The zero-order chi connectivity index (χ0) is 16.4. The zero-order valence-electron chi connectivity index (χ0n) is 11.9. The maximum atomic E-state index is 13.1. The van der Waals surface area contributed by atoms with Gasteiger partial charge in [-0.1, -0.05) is 0 Å². The molecule has 21 heavy (non-hydrogen) atoms. The van der Waals surface area contributed by atoms with Crippen molar-refractivity contribution in [2.24, 2.45) is 0 Å². The molecule has 0 N–H and O–H groups in total. The van der Waals surface area contributed by atoms with Gasteiger partial charge in [0, 0.05) is 0 Å². The lowest BCUT2D eigenvalue weighted by Crippen LogP contribution is -2.31. The number of hydrogen-bond donors (Lipinski definition) is 0. The quantitative estimate of drug-likeness (QED) is 0.786. The summed E-state index contributed by atoms with van der Waals surface area (Å²) in [7, 11) is 0. The van der Waals surface area contributed by atoms with E-state index < -0.39 is 35.1 Å². The van der Waals surface area contributed by atoms with Crippen molar-refractivity contribution in [3.05, 3.63) is 17.5 Å². The van der Waals surface area contributed by atoms with E-state index >= 15 is 0 Å². The average molecular weight is 308 g/mol. The van der Waals surface area contributed by atoms with E-state index in [-0.39, 0.29) is 11.3 Å². The van der Waals surface area contributed by atoms with Crippen LogP contribution < -0.4 is 0 Å². The van der Waals surface area contributed by atoms with E-state index in [1.165, 1.54) is 27.7 Å². The fourth-order valence-electron chi connectivity index (χ4n) is 1.42. The third-order valence-corrected chi connectivity index (χ3v) is 2.10. The number of carbonyl (C=O) groups is 2. The first-order valence-corrected chi connectivity index (χ1v) is 6.03. The summed E-state index contributed by atoms with van der Waals surface area (Å²) in [5.74, 6) is -1.21. The summed E-state index contributed by atoms with van der Waals surface area (Å²) in [6, 6.07) is 0. The first kappa shape index (κ1) is 17.0. The van der Waals surface area contributed by atoms with Crippen LogP contribution in [0.1, 0.15) is 43.7 Å². The lowest BCUT2D eigenvalue weighted by molar-refractivity contribution is -0.144. The van der Waals surface area contributed by atoms with Crippen LogP contribution in [0.3, 0.4) is 0 Å². The molecule has 0 saturated heterocycles. The van der Waals surface area contributed by atoms with E-state index in [2.05, 4.69) is 9.84 Å². The highest BCUT2D eigenvalue weighted by Gasteiger charge is 2.43. The Kier molecular flexibility index (Phi) is 4.65. The minimum absolute atomic E-state index is 0.0114. The number of aromatic nitrogens is 2. The molecule has 0 bridgehead atoms. The van der Waals surface area contributed by atoms with Crippen molar-refractivity contribution in [3.8, 4) is 0 Å². The normalized spacial score (nSPS) is 12.1. The number of esters is 1. The van der Waals surface area contributed by atoms with Crippen molar-refractivity contribution >= 4 is 12.1 Å². The Morgan fingerprint density at radius 3 is 2.29 bits per heavy atom. The molecule has 1 rings (SSSR count). The first-order valence-electron chi connectivity index (χ1n) is 6.03. The molecular formula is C12H15F3N2O4. The summed E-state index contributed by atoms with van der Waals surface area (Å²) in [5.41, 5.74) is -3.36. The maximum absolute atomic E-state index is 13.1. The van der Waals surface area contributed by atoms with E-state index in [1.54, 1.807) is 0 Å². The molecule has 0 fully saturated rings. The molecule has 0 spiro atoms. The second-order valence-corrected chi connectivity index (χ2v) is 5.02. The van der Waals surface area contributed by atoms with Gasteiger partial charge >= 0.3 is 18.2 Å². The van der Waals surface area contributed by atoms with E-state index in [4.69, 9.17) is 4.74 Å². The minimum Gasteiger partial charge on any atom is -0.462 e. The summed E-state index contributed by atoms with van der Waals surface area (Å²) in [6.45, 7) is 5.83. The molecule has 0 aliphatic heterocycles. The number of alkyl halides is 3. The SMILES string of the molecule is CCOC(=O)c1cnn(C(=O)OC(C)(C)C)c1C(F)(F)F. The standard InChI is InChI=1S/C12H15F3N2O4/c1-5-20-9(18)7-6-16-17(8(7)12(13,14)15)10(19)21-11(2,3)4/h6H,5H2,1-4H3. The molecule has 6 nitrogen and oxygen atoms in total. The fraction of sp³-hybridized carbons (Fsp3) is 0.583. The highest BCUT2D eigenvalue weighted by atomic mass is 19.4. The molecule has 9 heteroatoms. The van der Waals surface area contributed by atoms with Gasteiger partial charge in [0.1, 0.15) is 11.2 Å². The van der Waals surface area contributed by atoms with Crippen LogP contribution in [0, 0.1) is 0 Å². The lowest BCUT2D eigenvalue weighted by atomic mass is 10.2. The molecule has 0 aliphatic rings. The summed E-state index contributed by atoms with van der Waals surface area (Å²) in [6.07, 6.45) is -5.66. The fourth-order valence-corrected chi connectivity index (χ4v) is 1.42. The van der Waals surface area contributed by atoms with E-state index in [0.717, 1.165) is 0 Å². The van der Waals surface area contributed by atoms with Crippen LogP contribution in [0.5, 0.6) is 0 Å². The van der Waals surface area contributed by atoms with Crippen molar-refractivity contribution in [1.82, 2.24) is 9.78 Å². The second-order valence-electron chi connectivity index (χ2n) is 5.02. The van der Waals surface area contributed by atoms with Gasteiger partial charge in [-0.15, -0.1) is 0 Å². The van der Waals surface area contributed by atoms with Crippen molar-refractivity contribution in [3.63, 3.8) is 0 Å². The molecule has 0 radical (unpaired) electrons. The molecule has 1 aromatic heterocycles. The van der Waals surface area contributed by atoms with Crippen LogP contribution in [-0.2, 0) is 15.7 Å². The minimum atomic E-state index is -4.96. The molecule has 118 valence electrons. The molecule has 0 saturated carbocycles. The Balaban J connectivity index is 3.29. The van der Waals surface area contributed by atoms with Gasteiger partial charge in [-0.25, -0.2) is 9.59 Å². The number of ether oxygens (including phenoxy) is 2. The van der Waals surface area contributed by atoms with Crippen molar-refractivity contribution in [2.45, 2.75) is 39.5 Å². The molecule has 0 aromatic carbocycles. The number of halogens is 3. The van der Waals surface area contributed by atoms with Gasteiger partial charge in [-0.2, -0.15) is 23.0 Å². The Morgan fingerprint density at radius 2 is 1.86 bits per heavy atom. The van der Waals surface area contributed by atoms with Gasteiger partial charge < -0.3 is 9.47 Å². The van der Waals surface area contributed by atoms with E-state index in [0.29, 0.717) is 6.20 Å². The van der Waals surface area contributed by atoms with Gasteiger partial charge in [0.25, 0.3) is 0 Å². The molecule has 1 aromatic rings. The van der Waals surface area contributed by atoms with E-state index in [9.17, 15) is 22.8 Å². The maximum Gasteiger partial charge on any atom is 0.435 e. The monoisotopic (exact) mass is 308 g/mol. The first-order chi connectivity index (χ1) is 9.47. The van der Waals surface area contributed by atoms with Crippen molar-refractivity contribution in [1.29, 1.82) is 0 Å². The zero-order valence-corrected chi connectivity index (χ0v) is 11.9. The second kappa shape index (κ2) is 5.74. The molecule has 0 atom stereocenters. The van der Waals surface area contributed by atoms with Crippen LogP contribution in [0.2, 0.25) is 0 Å². The number of rotatable bonds is 2. The van der Waals surface area contributed by atoms with Gasteiger partial charge in [0.2, 0.25) is 0 Å². The predicted octanol–water partition coefficient (Wildman–Crippen LogP) is 2.86. The number of carbonyl (C=O) groups excluding carboxylic acids is 2. The van der Waals surface area contributed by atoms with Crippen LogP contribution in [0.25, 0.3) is 0 Å². The third kappa shape index (κ3) is 4.20. The summed E-state index contributed by atoms with van der Waals surface area (Å²) in [5, 5.41) is 3.29. The van der Waals surface area contributed by atoms with Gasteiger partial charge in [-0.3, -0.25) is 0 Å². The van der Waals surface area contributed by atoms with Crippen LogP contribution in [-0.4, -0.2) is 34.1 Å². The number of hydrogen-bond acceptors (Lipinski definition) is 5. The molecule has 0 unspecified atom stereocenters. The smallest absolute Gasteiger partial charge is 0.435 e. The molecule has 0 amide bonds. The Morgan fingerprint density at radius 1 is 1.29 bits per heavy atom. The largest absolute Gasteiger partial charge is 0.462 e. The Labute approximate surface area is 118 Å². The summed E-state index contributed by atoms with van der Waals surface area (Å²) < 4.78 is 48.5. The topological polar surface area (TPSA) is 70.4 Å². The van der Waals surface area contributed by atoms with Crippen LogP contribution in [0.4, 0.5) is 18.0 Å². The Bertz CT molecular complexity index is 544. The predicted molar refractivity (Wildman–Crippen MR) is 64.8 cm³/mol. The summed E-state index contributed by atoms with van der Waals surface area (Å²) in [4.78, 5) is 23.3. The molecular weight excluding hydrogens is 293 g/mol. The molecule has 0 aliphatic carbocycles. The highest BCUT2D eigenvalue weighted by molar-refractivity contribution is 5.91. The number of nitrogens with zero attached hydrogens (tertiary/aromatic N) is 2. The van der Waals surface area contributed by atoms with Crippen LogP contribution >= 0.6 is 0 Å². The van der Waals surface area contributed by atoms with Gasteiger partial charge in [0.15, 0.2) is 5.69 Å². The van der Waals surface area contributed by atoms with Crippen molar-refractivity contribution < 1.29 is 32.2 Å². The van der Waals surface area contributed by atoms with Gasteiger partial charge in [0.05, 0.1) is 12.8 Å². The lowest BCUT2D eigenvalue weighted by Gasteiger charge is -2.20. The highest BCUT2D eigenvalue weighted by Crippen LogP contribution is 2.32. The Hall–Kier alpha value is -2.06. The molecule has 1 heterocycles. The van der Waals surface area contributed by atoms with Gasteiger partial charge in [-0.05, 0) is 27.7 Å². The average Bonchev–Trinajstić information content (AvgIpc) is 2.70.